The van der Waals surface area contributed by atoms with Gasteiger partial charge in [-0.25, -0.2) is 9.37 Å². The van der Waals surface area contributed by atoms with E-state index in [0.717, 1.165) is 28.8 Å². The minimum absolute atomic E-state index is 0.213. The van der Waals surface area contributed by atoms with E-state index in [-0.39, 0.29) is 5.82 Å². The highest BCUT2D eigenvalue weighted by molar-refractivity contribution is 5.64. The molecule has 1 aromatic heterocycles. The third kappa shape index (κ3) is 3.84. The average molecular weight is 367 g/mol. The predicted molar refractivity (Wildman–Crippen MR) is 107 cm³/mol. The van der Waals surface area contributed by atoms with E-state index < -0.39 is 0 Å². The number of benzene rings is 3. The van der Waals surface area contributed by atoms with Crippen LogP contribution in [-0.4, -0.2) is 9.55 Å². The lowest BCUT2D eigenvalue weighted by atomic mass is 10.0. The summed E-state index contributed by atoms with van der Waals surface area (Å²) in [5.41, 5.74) is 5.49. The molecule has 0 radical (unpaired) electrons. The lowest BCUT2D eigenvalue weighted by Crippen LogP contribution is -2.04. The topological polar surface area (TPSA) is 41.6 Å². The van der Waals surface area contributed by atoms with Crippen LogP contribution in [0, 0.1) is 17.1 Å². The van der Waals surface area contributed by atoms with E-state index in [1.807, 2.05) is 67.1 Å². The van der Waals surface area contributed by atoms with Crippen LogP contribution >= 0.6 is 0 Å². The zero-order valence-electron chi connectivity index (χ0n) is 15.2. The predicted octanol–water partition coefficient (Wildman–Crippen LogP) is 5.20. The van der Waals surface area contributed by atoms with Crippen molar-refractivity contribution in [2.75, 3.05) is 0 Å². The van der Waals surface area contributed by atoms with Crippen molar-refractivity contribution >= 4 is 0 Å². The van der Waals surface area contributed by atoms with Gasteiger partial charge < -0.3 is 4.57 Å². The van der Waals surface area contributed by atoms with E-state index in [0.29, 0.717) is 17.7 Å². The van der Waals surface area contributed by atoms with Crippen LogP contribution in [0.5, 0.6) is 0 Å². The summed E-state index contributed by atoms with van der Waals surface area (Å²) < 4.78 is 16.1. The van der Waals surface area contributed by atoms with Crippen molar-refractivity contribution in [2.24, 2.45) is 0 Å². The summed E-state index contributed by atoms with van der Waals surface area (Å²) in [6.45, 7) is 0.698. The molecular formula is C24H18FN3. The maximum Gasteiger partial charge on any atom is 0.131 e. The summed E-state index contributed by atoms with van der Waals surface area (Å²) in [4.78, 5) is 4.29. The molecule has 0 aliphatic carbocycles. The Morgan fingerprint density at radius 3 is 2.32 bits per heavy atom. The molecule has 0 N–H and O–H groups in total. The highest BCUT2D eigenvalue weighted by atomic mass is 19.1. The molecule has 3 aromatic carbocycles. The second-order valence-electron chi connectivity index (χ2n) is 6.68. The molecule has 3 nitrogen and oxygen atoms in total. The Kier molecular flexibility index (Phi) is 4.99. The molecule has 4 rings (SSSR count). The number of hydrogen-bond donors (Lipinski definition) is 0. The maximum atomic E-state index is 14.0. The molecule has 1 heterocycles. The monoisotopic (exact) mass is 367 g/mol. The zero-order valence-corrected chi connectivity index (χ0v) is 15.2. The van der Waals surface area contributed by atoms with Crippen LogP contribution in [0.25, 0.3) is 11.1 Å². The van der Waals surface area contributed by atoms with Gasteiger partial charge in [-0.1, -0.05) is 54.6 Å². The lowest BCUT2D eigenvalue weighted by molar-refractivity contribution is 0.631. The molecule has 0 spiro atoms. The second-order valence-corrected chi connectivity index (χ2v) is 6.68. The second kappa shape index (κ2) is 7.89. The molecule has 0 bridgehead atoms. The first-order chi connectivity index (χ1) is 13.7. The van der Waals surface area contributed by atoms with Gasteiger partial charge in [0.25, 0.3) is 0 Å². The highest BCUT2D eigenvalue weighted by Crippen LogP contribution is 2.23. The Labute approximate surface area is 163 Å². The van der Waals surface area contributed by atoms with Crippen LogP contribution in [0.3, 0.4) is 0 Å². The minimum atomic E-state index is -0.213. The Balaban J connectivity index is 1.50. The van der Waals surface area contributed by atoms with Gasteiger partial charge in [0.15, 0.2) is 0 Å². The van der Waals surface area contributed by atoms with Crippen LogP contribution in [0.4, 0.5) is 4.39 Å². The van der Waals surface area contributed by atoms with Gasteiger partial charge in [0.05, 0.1) is 18.0 Å². The first-order valence-corrected chi connectivity index (χ1v) is 9.05. The van der Waals surface area contributed by atoms with E-state index >= 15 is 0 Å². The summed E-state index contributed by atoms with van der Waals surface area (Å²) in [5, 5.41) is 8.92. The molecule has 0 saturated carbocycles. The van der Waals surface area contributed by atoms with Crippen molar-refractivity contribution in [1.29, 1.82) is 5.26 Å². The molecular weight excluding hydrogens is 349 g/mol. The highest BCUT2D eigenvalue weighted by Gasteiger charge is 2.07. The van der Waals surface area contributed by atoms with Gasteiger partial charge in [0, 0.05) is 30.4 Å². The number of halogens is 1. The number of nitrogens with zero attached hydrogens (tertiary/aromatic N) is 3. The van der Waals surface area contributed by atoms with Crippen molar-refractivity contribution in [1.82, 2.24) is 9.55 Å². The summed E-state index contributed by atoms with van der Waals surface area (Å²) in [5.74, 6) is -0.213. The molecule has 4 heteroatoms. The molecule has 0 saturated heterocycles. The average Bonchev–Trinajstić information content (AvgIpc) is 3.16. The largest absolute Gasteiger partial charge is 0.330 e. The van der Waals surface area contributed by atoms with Crippen LogP contribution in [0.2, 0.25) is 0 Å². The smallest absolute Gasteiger partial charge is 0.131 e. The van der Waals surface area contributed by atoms with Crippen molar-refractivity contribution in [3.63, 3.8) is 0 Å². The zero-order chi connectivity index (χ0) is 19.3. The fraction of sp³-hybridized carbons (Fsp3) is 0.0833. The SMILES string of the molecule is N#Cc1ccc(Cc2cncn2Cc2ccc(-c3ccccc3F)cc2)cc1. The maximum absolute atomic E-state index is 14.0. The van der Waals surface area contributed by atoms with Gasteiger partial charge in [0.2, 0.25) is 0 Å². The molecule has 4 aromatic rings. The van der Waals surface area contributed by atoms with Gasteiger partial charge in [-0.05, 0) is 34.9 Å². The molecule has 0 fully saturated rings. The van der Waals surface area contributed by atoms with Gasteiger partial charge >= 0.3 is 0 Å². The van der Waals surface area contributed by atoms with Gasteiger partial charge in [-0.2, -0.15) is 5.26 Å². The van der Waals surface area contributed by atoms with Gasteiger partial charge in [0.1, 0.15) is 5.82 Å². The normalized spacial score (nSPS) is 10.6. The van der Waals surface area contributed by atoms with Crippen molar-refractivity contribution in [3.8, 4) is 17.2 Å². The van der Waals surface area contributed by atoms with Crippen molar-refractivity contribution in [3.05, 3.63) is 114 Å². The van der Waals surface area contributed by atoms with Gasteiger partial charge in [-0.3, -0.25) is 0 Å². The third-order valence-corrected chi connectivity index (χ3v) is 4.76. The third-order valence-electron chi connectivity index (χ3n) is 4.76. The summed E-state index contributed by atoms with van der Waals surface area (Å²) >= 11 is 0. The Hall–Kier alpha value is -3.71. The first kappa shape index (κ1) is 17.7. The quantitative estimate of drug-likeness (QED) is 0.486. The van der Waals surface area contributed by atoms with Crippen LogP contribution in [-0.2, 0) is 13.0 Å². The molecule has 0 aliphatic rings. The summed E-state index contributed by atoms with van der Waals surface area (Å²) in [6, 6.07) is 24.5. The van der Waals surface area contributed by atoms with Crippen molar-refractivity contribution < 1.29 is 4.39 Å². The Morgan fingerprint density at radius 2 is 1.61 bits per heavy atom. The first-order valence-electron chi connectivity index (χ1n) is 9.05. The lowest BCUT2D eigenvalue weighted by Gasteiger charge is -2.10. The fourth-order valence-electron chi connectivity index (χ4n) is 3.23. The van der Waals surface area contributed by atoms with Crippen molar-refractivity contribution in [2.45, 2.75) is 13.0 Å². The van der Waals surface area contributed by atoms with E-state index in [4.69, 9.17) is 5.26 Å². The van der Waals surface area contributed by atoms with Crippen LogP contribution in [0.15, 0.2) is 85.3 Å². The molecule has 136 valence electrons. The molecule has 0 aliphatic heterocycles. The number of imidazole rings is 1. The van der Waals surface area contributed by atoms with E-state index in [1.54, 1.807) is 12.1 Å². The molecule has 0 unspecified atom stereocenters. The van der Waals surface area contributed by atoms with E-state index in [9.17, 15) is 4.39 Å². The Bertz CT molecular complexity index is 1120. The molecule has 28 heavy (non-hydrogen) atoms. The van der Waals surface area contributed by atoms with E-state index in [2.05, 4.69) is 15.6 Å². The van der Waals surface area contributed by atoms with Gasteiger partial charge in [-0.15, -0.1) is 0 Å². The number of nitriles is 1. The molecule has 0 amide bonds. The Morgan fingerprint density at radius 1 is 0.893 bits per heavy atom. The van der Waals surface area contributed by atoms with Crippen LogP contribution < -0.4 is 0 Å². The number of hydrogen-bond acceptors (Lipinski definition) is 2. The van der Waals surface area contributed by atoms with E-state index in [1.165, 1.54) is 6.07 Å². The molecule has 0 atom stereocenters. The van der Waals surface area contributed by atoms with Crippen LogP contribution in [0.1, 0.15) is 22.4 Å². The summed E-state index contributed by atoms with van der Waals surface area (Å²) in [7, 11) is 0. The number of rotatable bonds is 5. The summed E-state index contributed by atoms with van der Waals surface area (Å²) in [6.07, 6.45) is 4.44. The minimum Gasteiger partial charge on any atom is -0.330 e. The standard InChI is InChI=1S/C24H18FN3/c25-24-4-2-1-3-23(24)21-11-9-20(10-12-21)16-28-17-27-15-22(28)13-18-5-7-19(14-26)8-6-18/h1-12,15,17H,13,16H2. The number of aromatic nitrogens is 2. The fourth-order valence-corrected chi connectivity index (χ4v) is 3.23.